The van der Waals surface area contributed by atoms with Crippen LogP contribution in [0.1, 0.15) is 5.56 Å². The summed E-state index contributed by atoms with van der Waals surface area (Å²) in [5.74, 6) is 1.21. The minimum absolute atomic E-state index is 0.142. The number of ether oxygens (including phenoxy) is 1. The summed E-state index contributed by atoms with van der Waals surface area (Å²) in [5.41, 5.74) is 3.33. The fourth-order valence-corrected chi connectivity index (χ4v) is 4.21. The number of halogens is 2. The van der Waals surface area contributed by atoms with Gasteiger partial charge < -0.3 is 10.1 Å². The van der Waals surface area contributed by atoms with Gasteiger partial charge in [-0.3, -0.25) is 9.36 Å². The molecule has 1 amide bonds. The van der Waals surface area contributed by atoms with Crippen LogP contribution in [0.3, 0.4) is 0 Å². The fraction of sp³-hybridized carbons (Fsp3) is 0.125. The largest absolute Gasteiger partial charge is 0.495 e. The lowest BCUT2D eigenvalue weighted by Crippen LogP contribution is -2.15. The number of hydrogen-bond donors (Lipinski definition) is 1. The Morgan fingerprint density at radius 3 is 2.33 bits per heavy atom. The summed E-state index contributed by atoms with van der Waals surface area (Å²) in [4.78, 5) is 12.7. The first-order valence-corrected chi connectivity index (χ1v) is 11.7. The van der Waals surface area contributed by atoms with Crippen LogP contribution in [-0.2, 0) is 4.79 Å². The van der Waals surface area contributed by atoms with Gasteiger partial charge in [-0.2, -0.15) is 0 Å². The molecule has 0 unspecified atom stereocenters. The maximum Gasteiger partial charge on any atom is 0.234 e. The predicted molar refractivity (Wildman–Crippen MR) is 134 cm³/mol. The van der Waals surface area contributed by atoms with Gasteiger partial charge in [0, 0.05) is 21.3 Å². The highest BCUT2D eigenvalue weighted by Gasteiger charge is 2.18. The Morgan fingerprint density at radius 1 is 1.00 bits per heavy atom. The lowest BCUT2D eigenvalue weighted by Gasteiger charge is -2.12. The van der Waals surface area contributed by atoms with E-state index in [9.17, 15) is 4.79 Å². The Hall–Kier alpha value is -3.00. The van der Waals surface area contributed by atoms with Gasteiger partial charge >= 0.3 is 0 Å². The number of thioether (sulfide) groups is 1. The van der Waals surface area contributed by atoms with E-state index in [4.69, 9.17) is 27.9 Å². The molecule has 0 radical (unpaired) electrons. The molecule has 0 saturated heterocycles. The lowest BCUT2D eigenvalue weighted by molar-refractivity contribution is -0.113. The van der Waals surface area contributed by atoms with E-state index in [0.717, 1.165) is 16.8 Å². The first-order valence-electron chi connectivity index (χ1n) is 9.99. The van der Waals surface area contributed by atoms with E-state index in [1.54, 1.807) is 31.4 Å². The number of carbonyl (C=O) groups excluding carboxylic acids is 1. The second-order valence-electron chi connectivity index (χ2n) is 7.17. The highest BCUT2D eigenvalue weighted by atomic mass is 35.5. The number of aromatic nitrogens is 3. The van der Waals surface area contributed by atoms with Gasteiger partial charge in [-0.05, 0) is 73.2 Å². The van der Waals surface area contributed by atoms with Crippen LogP contribution in [0, 0.1) is 6.92 Å². The quantitative estimate of drug-likeness (QED) is 0.303. The molecule has 168 valence electrons. The van der Waals surface area contributed by atoms with E-state index in [-0.39, 0.29) is 11.7 Å². The minimum atomic E-state index is -0.178. The summed E-state index contributed by atoms with van der Waals surface area (Å²) in [5, 5.41) is 13.5. The van der Waals surface area contributed by atoms with Gasteiger partial charge in [0.2, 0.25) is 5.91 Å². The van der Waals surface area contributed by atoms with Crippen molar-refractivity contribution in [3.63, 3.8) is 0 Å². The molecule has 4 aromatic rings. The van der Waals surface area contributed by atoms with Crippen LogP contribution in [0.4, 0.5) is 5.69 Å². The van der Waals surface area contributed by atoms with Crippen molar-refractivity contribution in [2.24, 2.45) is 0 Å². The van der Waals surface area contributed by atoms with E-state index < -0.39 is 0 Å². The van der Waals surface area contributed by atoms with Crippen LogP contribution in [-0.4, -0.2) is 33.5 Å². The van der Waals surface area contributed by atoms with E-state index in [1.165, 1.54) is 11.8 Å². The smallest absolute Gasteiger partial charge is 0.234 e. The number of nitrogens with one attached hydrogen (secondary N) is 1. The van der Waals surface area contributed by atoms with Crippen LogP contribution in [0.15, 0.2) is 71.9 Å². The first-order chi connectivity index (χ1) is 15.9. The number of nitrogens with zero attached hydrogens (tertiary/aromatic N) is 3. The van der Waals surface area contributed by atoms with Crippen molar-refractivity contribution < 1.29 is 9.53 Å². The van der Waals surface area contributed by atoms with Crippen LogP contribution in [0.2, 0.25) is 10.0 Å². The van der Waals surface area contributed by atoms with Crippen molar-refractivity contribution in [3.8, 4) is 22.8 Å². The fourth-order valence-electron chi connectivity index (χ4n) is 3.21. The average molecular weight is 499 g/mol. The summed E-state index contributed by atoms with van der Waals surface area (Å²) in [7, 11) is 1.57. The number of carbonyl (C=O) groups is 1. The van der Waals surface area contributed by atoms with Crippen molar-refractivity contribution in [1.29, 1.82) is 0 Å². The SMILES string of the molecule is COc1ccc(C)cc1NC(=O)CSc1nnc(-c2ccc(Cl)cc2)n1-c1ccc(Cl)cc1. The molecule has 0 atom stereocenters. The maximum atomic E-state index is 12.7. The molecule has 0 spiro atoms. The highest BCUT2D eigenvalue weighted by molar-refractivity contribution is 7.99. The number of amides is 1. The van der Waals surface area contributed by atoms with Crippen molar-refractivity contribution in [2.45, 2.75) is 12.1 Å². The Balaban J connectivity index is 1.60. The number of hydrogen-bond acceptors (Lipinski definition) is 5. The zero-order chi connectivity index (χ0) is 23.4. The summed E-state index contributed by atoms with van der Waals surface area (Å²) in [6, 6.07) is 20.3. The Morgan fingerprint density at radius 2 is 1.67 bits per heavy atom. The Kier molecular flexibility index (Phi) is 7.23. The third-order valence-corrected chi connectivity index (χ3v) is 6.21. The number of methoxy groups -OCH3 is 1. The number of benzene rings is 3. The topological polar surface area (TPSA) is 69.0 Å². The highest BCUT2D eigenvalue weighted by Crippen LogP contribution is 2.30. The predicted octanol–water partition coefficient (Wildman–Crippen LogP) is 6.29. The maximum absolute atomic E-state index is 12.7. The summed E-state index contributed by atoms with van der Waals surface area (Å²) < 4.78 is 7.24. The Labute approximate surface area is 205 Å². The molecule has 0 fully saturated rings. The number of rotatable bonds is 7. The molecule has 1 N–H and O–H groups in total. The molecule has 6 nitrogen and oxygen atoms in total. The van der Waals surface area contributed by atoms with Gasteiger partial charge in [-0.15, -0.1) is 10.2 Å². The van der Waals surface area contributed by atoms with Crippen molar-refractivity contribution in [2.75, 3.05) is 18.2 Å². The van der Waals surface area contributed by atoms with E-state index in [0.29, 0.717) is 32.5 Å². The van der Waals surface area contributed by atoms with E-state index in [1.807, 2.05) is 54.0 Å². The van der Waals surface area contributed by atoms with E-state index in [2.05, 4.69) is 15.5 Å². The summed E-state index contributed by atoms with van der Waals surface area (Å²) in [6.07, 6.45) is 0. The molecule has 33 heavy (non-hydrogen) atoms. The number of anilines is 1. The van der Waals surface area contributed by atoms with Gasteiger partial charge in [-0.1, -0.05) is 41.0 Å². The van der Waals surface area contributed by atoms with Crippen LogP contribution in [0.25, 0.3) is 17.1 Å². The second-order valence-corrected chi connectivity index (χ2v) is 8.98. The van der Waals surface area contributed by atoms with Gasteiger partial charge in [0.1, 0.15) is 5.75 Å². The molecule has 0 saturated carbocycles. The van der Waals surface area contributed by atoms with Crippen LogP contribution >= 0.6 is 35.0 Å². The third-order valence-electron chi connectivity index (χ3n) is 4.78. The molecule has 0 aliphatic heterocycles. The normalized spacial score (nSPS) is 10.8. The molecule has 1 aromatic heterocycles. The van der Waals surface area contributed by atoms with Gasteiger partial charge in [0.25, 0.3) is 0 Å². The van der Waals surface area contributed by atoms with Crippen molar-refractivity contribution >= 4 is 46.6 Å². The standard InChI is InChI=1S/C24H20Cl2N4O2S/c1-15-3-12-21(32-2)20(13-15)27-22(31)14-33-24-29-28-23(16-4-6-17(25)7-5-16)30(24)19-10-8-18(26)9-11-19/h3-13H,14H2,1-2H3,(H,27,31). The molecule has 3 aromatic carbocycles. The zero-order valence-electron chi connectivity index (χ0n) is 17.9. The molecule has 0 aliphatic carbocycles. The van der Waals surface area contributed by atoms with Gasteiger partial charge in [0.15, 0.2) is 11.0 Å². The molecular formula is C24H20Cl2N4O2S. The van der Waals surface area contributed by atoms with Crippen LogP contribution < -0.4 is 10.1 Å². The average Bonchev–Trinajstić information content (AvgIpc) is 3.23. The molecule has 0 aliphatic rings. The Bertz CT molecular complexity index is 1270. The summed E-state index contributed by atoms with van der Waals surface area (Å²) >= 11 is 13.4. The second kappa shape index (κ2) is 10.3. The third kappa shape index (κ3) is 5.50. The number of aryl methyl sites for hydroxylation is 1. The first kappa shape index (κ1) is 23.2. The van der Waals surface area contributed by atoms with Crippen LogP contribution in [0.5, 0.6) is 5.75 Å². The molecule has 1 heterocycles. The molecule has 9 heteroatoms. The van der Waals surface area contributed by atoms with Gasteiger partial charge in [0.05, 0.1) is 18.6 Å². The molecule has 4 rings (SSSR count). The minimum Gasteiger partial charge on any atom is -0.495 e. The van der Waals surface area contributed by atoms with Crippen molar-refractivity contribution in [3.05, 3.63) is 82.3 Å². The van der Waals surface area contributed by atoms with Gasteiger partial charge in [-0.25, -0.2) is 0 Å². The molecule has 0 bridgehead atoms. The monoisotopic (exact) mass is 498 g/mol. The van der Waals surface area contributed by atoms with E-state index >= 15 is 0 Å². The zero-order valence-corrected chi connectivity index (χ0v) is 20.2. The lowest BCUT2D eigenvalue weighted by atomic mass is 10.2. The molecular weight excluding hydrogens is 479 g/mol. The van der Waals surface area contributed by atoms with Crippen molar-refractivity contribution in [1.82, 2.24) is 14.8 Å². The summed E-state index contributed by atoms with van der Waals surface area (Å²) in [6.45, 7) is 1.96.